The van der Waals surface area contributed by atoms with Crippen LogP contribution >= 0.6 is 0 Å². The zero-order chi connectivity index (χ0) is 20.8. The molecule has 1 N–H and O–H groups in total. The van der Waals surface area contributed by atoms with Crippen LogP contribution in [0.2, 0.25) is 0 Å². The van der Waals surface area contributed by atoms with Crippen molar-refractivity contribution >= 4 is 17.3 Å². The first kappa shape index (κ1) is 19.8. The molecule has 1 heterocycles. The predicted molar refractivity (Wildman–Crippen MR) is 97.2 cm³/mol. The van der Waals surface area contributed by atoms with Gasteiger partial charge < -0.3 is 19.2 Å². The molecule has 0 unspecified atom stereocenters. The quantitative estimate of drug-likeness (QED) is 0.434. The first-order valence-corrected chi connectivity index (χ1v) is 8.24. The summed E-state index contributed by atoms with van der Waals surface area (Å²) in [6.07, 6.45) is 0. The monoisotopic (exact) mass is 404 g/mol. The maximum Gasteiger partial charge on any atom is 0.387 e. The van der Waals surface area contributed by atoms with Crippen LogP contribution in [0.25, 0.3) is 0 Å². The summed E-state index contributed by atoms with van der Waals surface area (Å²) in [6.45, 7) is -3.19. The lowest BCUT2D eigenvalue weighted by atomic mass is 10.3. The standard InChI is InChI=1S/C19H14F2N2O6/c20-19(21)29-15-7-3-1-5-13(15)22-18(24)17-10-9-12(28-17)11-27-16-8-4-2-6-14(16)23(25)26/h1-10,19H,11H2,(H,22,24). The molecule has 3 aromatic rings. The lowest BCUT2D eigenvalue weighted by Crippen LogP contribution is -2.13. The van der Waals surface area contributed by atoms with Crippen LogP contribution in [0, 0.1) is 10.1 Å². The number of benzene rings is 2. The molecule has 3 rings (SSSR count). The molecule has 29 heavy (non-hydrogen) atoms. The average molecular weight is 404 g/mol. The fourth-order valence-electron chi connectivity index (χ4n) is 2.41. The Hall–Kier alpha value is -3.95. The Labute approximate surface area is 162 Å². The number of hydrogen-bond acceptors (Lipinski definition) is 6. The van der Waals surface area contributed by atoms with Crippen molar-refractivity contribution in [1.82, 2.24) is 0 Å². The molecule has 8 nitrogen and oxygen atoms in total. The summed E-state index contributed by atoms with van der Waals surface area (Å²) >= 11 is 0. The van der Waals surface area contributed by atoms with Gasteiger partial charge in [0.05, 0.1) is 10.6 Å². The Morgan fingerprint density at radius 3 is 2.48 bits per heavy atom. The number of nitro benzene ring substituents is 1. The minimum Gasteiger partial charge on any atom is -0.479 e. The number of alkyl halides is 2. The van der Waals surface area contributed by atoms with Crippen molar-refractivity contribution in [3.63, 3.8) is 0 Å². The average Bonchev–Trinajstić information content (AvgIpc) is 3.17. The van der Waals surface area contributed by atoms with Crippen LogP contribution in [0.1, 0.15) is 16.3 Å². The van der Waals surface area contributed by atoms with E-state index >= 15 is 0 Å². The molecule has 0 saturated heterocycles. The number of ether oxygens (including phenoxy) is 2. The molecule has 0 atom stereocenters. The maximum atomic E-state index is 12.5. The fourth-order valence-corrected chi connectivity index (χ4v) is 2.41. The van der Waals surface area contributed by atoms with Crippen LogP contribution < -0.4 is 14.8 Å². The van der Waals surface area contributed by atoms with Gasteiger partial charge >= 0.3 is 12.3 Å². The van der Waals surface area contributed by atoms with E-state index in [0.717, 1.165) is 0 Å². The van der Waals surface area contributed by atoms with Crippen molar-refractivity contribution in [1.29, 1.82) is 0 Å². The van der Waals surface area contributed by atoms with Crippen molar-refractivity contribution in [3.05, 3.63) is 82.3 Å². The molecule has 150 valence electrons. The van der Waals surface area contributed by atoms with E-state index in [0.29, 0.717) is 0 Å². The van der Waals surface area contributed by atoms with Crippen LogP contribution in [0.4, 0.5) is 20.2 Å². The van der Waals surface area contributed by atoms with Crippen LogP contribution in [0.3, 0.4) is 0 Å². The summed E-state index contributed by atoms with van der Waals surface area (Å²) in [5.74, 6) is -0.684. The minimum atomic E-state index is -3.04. The van der Waals surface area contributed by atoms with E-state index in [4.69, 9.17) is 9.15 Å². The Balaban J connectivity index is 1.66. The van der Waals surface area contributed by atoms with Crippen molar-refractivity contribution in [3.8, 4) is 11.5 Å². The number of nitrogens with zero attached hydrogens (tertiary/aromatic N) is 1. The number of nitro groups is 1. The highest BCUT2D eigenvalue weighted by molar-refractivity contribution is 6.03. The highest BCUT2D eigenvalue weighted by Gasteiger charge is 2.17. The summed E-state index contributed by atoms with van der Waals surface area (Å²) in [7, 11) is 0. The molecule has 0 fully saturated rings. The number of anilines is 1. The van der Waals surface area contributed by atoms with Crippen molar-refractivity contribution < 1.29 is 32.4 Å². The minimum absolute atomic E-state index is 0.0481. The number of nitrogens with one attached hydrogen (secondary N) is 1. The molecular formula is C19H14F2N2O6. The fraction of sp³-hybridized carbons (Fsp3) is 0.105. The van der Waals surface area contributed by atoms with Crippen molar-refractivity contribution in [2.45, 2.75) is 13.2 Å². The van der Waals surface area contributed by atoms with E-state index in [1.807, 2.05) is 0 Å². The number of carbonyl (C=O) groups excluding carboxylic acids is 1. The lowest BCUT2D eigenvalue weighted by molar-refractivity contribution is -0.386. The van der Waals surface area contributed by atoms with Gasteiger partial charge in [0, 0.05) is 6.07 Å². The summed E-state index contributed by atoms with van der Waals surface area (Å²) in [5, 5.41) is 13.4. The second kappa shape index (κ2) is 8.83. The van der Waals surface area contributed by atoms with Gasteiger partial charge in [0.15, 0.2) is 11.5 Å². The van der Waals surface area contributed by atoms with Gasteiger partial charge in [-0.1, -0.05) is 24.3 Å². The summed E-state index contributed by atoms with van der Waals surface area (Å²) in [5.41, 5.74) is -0.153. The molecular weight excluding hydrogens is 390 g/mol. The van der Waals surface area contributed by atoms with Crippen molar-refractivity contribution in [2.24, 2.45) is 0 Å². The Bertz CT molecular complexity index is 1020. The third kappa shape index (κ3) is 5.06. The van der Waals surface area contributed by atoms with E-state index in [9.17, 15) is 23.7 Å². The van der Waals surface area contributed by atoms with Crippen molar-refractivity contribution in [2.75, 3.05) is 5.32 Å². The molecule has 0 aliphatic carbocycles. The third-order valence-corrected chi connectivity index (χ3v) is 3.67. The van der Waals surface area contributed by atoms with Crippen LogP contribution in [0.15, 0.2) is 65.1 Å². The number of halogens is 2. The van der Waals surface area contributed by atoms with E-state index in [-0.39, 0.29) is 41.0 Å². The van der Waals surface area contributed by atoms with Crippen LogP contribution in [-0.4, -0.2) is 17.4 Å². The number of hydrogen-bond donors (Lipinski definition) is 1. The number of amides is 1. The predicted octanol–water partition coefficient (Wildman–Crippen LogP) is 4.62. The van der Waals surface area contributed by atoms with E-state index in [1.54, 1.807) is 12.1 Å². The molecule has 0 aliphatic heterocycles. The number of para-hydroxylation sites is 4. The Morgan fingerprint density at radius 1 is 1.07 bits per heavy atom. The summed E-state index contributed by atoms with van der Waals surface area (Å²) < 4.78 is 40.0. The molecule has 10 heteroatoms. The van der Waals surface area contributed by atoms with Crippen LogP contribution in [-0.2, 0) is 6.61 Å². The van der Waals surface area contributed by atoms with Gasteiger partial charge in [-0.15, -0.1) is 0 Å². The van der Waals surface area contributed by atoms with E-state index in [2.05, 4.69) is 10.1 Å². The zero-order valence-electron chi connectivity index (χ0n) is 14.7. The molecule has 1 amide bonds. The van der Waals surface area contributed by atoms with E-state index in [1.165, 1.54) is 48.5 Å². The van der Waals surface area contributed by atoms with E-state index < -0.39 is 17.4 Å². The lowest BCUT2D eigenvalue weighted by Gasteiger charge is -2.10. The smallest absolute Gasteiger partial charge is 0.387 e. The Morgan fingerprint density at radius 2 is 1.76 bits per heavy atom. The maximum absolute atomic E-state index is 12.5. The van der Waals surface area contributed by atoms with Gasteiger partial charge in [-0.3, -0.25) is 14.9 Å². The molecule has 0 bridgehead atoms. The number of carbonyl (C=O) groups is 1. The van der Waals surface area contributed by atoms with Gasteiger partial charge in [-0.25, -0.2) is 0 Å². The van der Waals surface area contributed by atoms with Gasteiger partial charge in [-0.2, -0.15) is 8.78 Å². The van der Waals surface area contributed by atoms with Gasteiger partial charge in [-0.05, 0) is 30.3 Å². The summed E-state index contributed by atoms with van der Waals surface area (Å²) in [6, 6.07) is 14.4. The topological polar surface area (TPSA) is 104 Å². The second-order valence-corrected chi connectivity index (χ2v) is 5.61. The first-order valence-electron chi connectivity index (χ1n) is 8.24. The summed E-state index contributed by atoms with van der Waals surface area (Å²) in [4.78, 5) is 22.7. The van der Waals surface area contributed by atoms with Gasteiger partial charge in [0.2, 0.25) is 0 Å². The van der Waals surface area contributed by atoms with Crippen LogP contribution in [0.5, 0.6) is 11.5 Å². The SMILES string of the molecule is O=C(Nc1ccccc1OC(F)F)c1ccc(COc2ccccc2[N+](=O)[O-])o1. The highest BCUT2D eigenvalue weighted by atomic mass is 19.3. The highest BCUT2D eigenvalue weighted by Crippen LogP contribution is 2.28. The van der Waals surface area contributed by atoms with Gasteiger partial charge in [0.25, 0.3) is 5.91 Å². The number of furan rings is 1. The number of rotatable bonds is 8. The Kier molecular flexibility index (Phi) is 6.03. The molecule has 0 aliphatic rings. The normalized spacial score (nSPS) is 10.6. The molecule has 1 aromatic heterocycles. The molecule has 2 aromatic carbocycles. The first-order chi connectivity index (χ1) is 13.9. The van der Waals surface area contributed by atoms with Gasteiger partial charge in [0.1, 0.15) is 18.1 Å². The molecule has 0 radical (unpaired) electrons. The third-order valence-electron chi connectivity index (χ3n) is 3.67. The molecule has 0 spiro atoms. The largest absolute Gasteiger partial charge is 0.479 e. The molecule has 0 saturated carbocycles. The zero-order valence-corrected chi connectivity index (χ0v) is 14.7. The second-order valence-electron chi connectivity index (χ2n) is 5.61.